The van der Waals surface area contributed by atoms with E-state index in [9.17, 15) is 0 Å². The van der Waals surface area contributed by atoms with Crippen molar-refractivity contribution in [3.63, 3.8) is 0 Å². The second-order valence-electron chi connectivity index (χ2n) is 5.70. The molecule has 3 nitrogen and oxygen atoms in total. The number of rotatable bonds is 3. The summed E-state index contributed by atoms with van der Waals surface area (Å²) in [6.45, 7) is 7.88. The van der Waals surface area contributed by atoms with Crippen molar-refractivity contribution >= 4 is 11.0 Å². The first-order valence-corrected chi connectivity index (χ1v) is 7.44. The first kappa shape index (κ1) is 12.7. The fourth-order valence-corrected chi connectivity index (χ4v) is 3.24. The van der Waals surface area contributed by atoms with Gasteiger partial charge in [0.15, 0.2) is 0 Å². The van der Waals surface area contributed by atoms with Crippen LogP contribution in [-0.4, -0.2) is 22.6 Å². The molecule has 2 aromatic rings. The van der Waals surface area contributed by atoms with Gasteiger partial charge in [0, 0.05) is 13.0 Å². The lowest BCUT2D eigenvalue weighted by atomic mass is 9.85. The molecule has 3 heteroatoms. The van der Waals surface area contributed by atoms with E-state index in [4.69, 9.17) is 4.98 Å². The Hall–Kier alpha value is -1.35. The average molecular weight is 257 g/mol. The van der Waals surface area contributed by atoms with Crippen LogP contribution >= 0.6 is 0 Å². The van der Waals surface area contributed by atoms with Crippen molar-refractivity contribution in [2.45, 2.75) is 33.2 Å². The quantitative estimate of drug-likeness (QED) is 0.916. The van der Waals surface area contributed by atoms with Crippen LogP contribution in [0.3, 0.4) is 0 Å². The van der Waals surface area contributed by atoms with Crippen LogP contribution in [0.15, 0.2) is 24.3 Å². The zero-order valence-electron chi connectivity index (χ0n) is 11.9. The molecule has 19 heavy (non-hydrogen) atoms. The zero-order chi connectivity index (χ0) is 13.2. The van der Waals surface area contributed by atoms with Gasteiger partial charge >= 0.3 is 0 Å². The summed E-state index contributed by atoms with van der Waals surface area (Å²) in [4.78, 5) is 4.85. The minimum absolute atomic E-state index is 0.749. The van der Waals surface area contributed by atoms with E-state index in [1.807, 2.05) is 0 Å². The lowest BCUT2D eigenvalue weighted by Crippen LogP contribution is -2.36. The van der Waals surface area contributed by atoms with E-state index in [-0.39, 0.29) is 0 Å². The van der Waals surface area contributed by atoms with Crippen LogP contribution in [0.2, 0.25) is 0 Å². The van der Waals surface area contributed by atoms with Crippen LogP contribution in [0.5, 0.6) is 0 Å². The van der Waals surface area contributed by atoms with Gasteiger partial charge in [-0.25, -0.2) is 4.98 Å². The number of nitrogens with zero attached hydrogens (tertiary/aromatic N) is 2. The summed E-state index contributed by atoms with van der Waals surface area (Å²) in [5.74, 6) is 2.78. The molecule has 0 bridgehead atoms. The van der Waals surface area contributed by atoms with Gasteiger partial charge in [-0.1, -0.05) is 19.1 Å². The van der Waals surface area contributed by atoms with Crippen LogP contribution < -0.4 is 5.32 Å². The number of hydrogen-bond acceptors (Lipinski definition) is 2. The predicted octanol–water partition coefficient (Wildman–Crippen LogP) is 2.84. The smallest absolute Gasteiger partial charge is 0.110 e. The summed E-state index contributed by atoms with van der Waals surface area (Å²) in [5.41, 5.74) is 2.42. The highest BCUT2D eigenvalue weighted by Crippen LogP contribution is 2.25. The van der Waals surface area contributed by atoms with Crippen molar-refractivity contribution in [1.29, 1.82) is 0 Å². The SMILES string of the molecule is CCn1c(CC2CCNCC2C)nc2ccccc21. The van der Waals surface area contributed by atoms with Gasteiger partial charge in [0.25, 0.3) is 0 Å². The minimum Gasteiger partial charge on any atom is -0.328 e. The molecule has 1 aliphatic rings. The number of piperidine rings is 1. The molecule has 1 aromatic carbocycles. The zero-order valence-corrected chi connectivity index (χ0v) is 11.9. The summed E-state index contributed by atoms with van der Waals surface area (Å²) in [6, 6.07) is 8.48. The van der Waals surface area contributed by atoms with Crippen molar-refractivity contribution in [2.75, 3.05) is 13.1 Å². The topological polar surface area (TPSA) is 29.9 Å². The highest BCUT2D eigenvalue weighted by molar-refractivity contribution is 5.75. The van der Waals surface area contributed by atoms with Crippen molar-refractivity contribution in [3.05, 3.63) is 30.1 Å². The molecule has 102 valence electrons. The second-order valence-corrected chi connectivity index (χ2v) is 5.70. The molecule has 1 fully saturated rings. The van der Waals surface area contributed by atoms with Gasteiger partial charge < -0.3 is 9.88 Å². The summed E-state index contributed by atoms with van der Waals surface area (Å²) < 4.78 is 2.38. The number of para-hydroxylation sites is 2. The summed E-state index contributed by atoms with van der Waals surface area (Å²) >= 11 is 0. The molecule has 1 aromatic heterocycles. The fourth-order valence-electron chi connectivity index (χ4n) is 3.24. The first-order valence-electron chi connectivity index (χ1n) is 7.44. The Bertz CT molecular complexity index is 558. The molecule has 2 atom stereocenters. The molecule has 0 radical (unpaired) electrons. The molecule has 1 N–H and O–H groups in total. The van der Waals surface area contributed by atoms with E-state index in [0.717, 1.165) is 43.4 Å². The van der Waals surface area contributed by atoms with Crippen molar-refractivity contribution in [2.24, 2.45) is 11.8 Å². The third kappa shape index (κ3) is 2.39. The summed E-state index contributed by atoms with van der Waals surface area (Å²) in [7, 11) is 0. The Morgan fingerprint density at radius 2 is 2.21 bits per heavy atom. The normalized spacial score (nSPS) is 23.9. The standard InChI is InChI=1S/C16H23N3/c1-3-19-15-7-5-4-6-14(15)18-16(19)10-13-8-9-17-11-12(13)2/h4-7,12-13,17H,3,8-11H2,1-2H3. The van der Waals surface area contributed by atoms with Gasteiger partial charge in [0.1, 0.15) is 5.82 Å². The van der Waals surface area contributed by atoms with Crippen molar-refractivity contribution < 1.29 is 0 Å². The molecular weight excluding hydrogens is 234 g/mol. The third-order valence-corrected chi connectivity index (χ3v) is 4.46. The molecule has 3 rings (SSSR count). The fraction of sp³-hybridized carbons (Fsp3) is 0.562. The Morgan fingerprint density at radius 3 is 3.00 bits per heavy atom. The van der Waals surface area contributed by atoms with Gasteiger partial charge in [-0.2, -0.15) is 0 Å². The molecule has 1 saturated heterocycles. The highest BCUT2D eigenvalue weighted by Gasteiger charge is 2.23. The van der Waals surface area contributed by atoms with Crippen LogP contribution in [0.4, 0.5) is 0 Å². The van der Waals surface area contributed by atoms with E-state index >= 15 is 0 Å². The monoisotopic (exact) mass is 257 g/mol. The molecule has 2 unspecified atom stereocenters. The Labute approximate surface area is 115 Å². The van der Waals surface area contributed by atoms with Crippen LogP contribution in [-0.2, 0) is 13.0 Å². The summed E-state index contributed by atoms with van der Waals surface area (Å²) in [5, 5.41) is 3.48. The summed E-state index contributed by atoms with van der Waals surface area (Å²) in [6.07, 6.45) is 2.39. The highest BCUT2D eigenvalue weighted by atomic mass is 15.1. The second kappa shape index (κ2) is 5.33. The van der Waals surface area contributed by atoms with E-state index < -0.39 is 0 Å². The van der Waals surface area contributed by atoms with E-state index in [1.54, 1.807) is 0 Å². The van der Waals surface area contributed by atoms with Crippen molar-refractivity contribution in [1.82, 2.24) is 14.9 Å². The number of nitrogens with one attached hydrogen (secondary N) is 1. The maximum Gasteiger partial charge on any atom is 0.110 e. The lowest BCUT2D eigenvalue weighted by Gasteiger charge is -2.29. The van der Waals surface area contributed by atoms with Crippen LogP contribution in [0.25, 0.3) is 11.0 Å². The number of fused-ring (bicyclic) bond motifs is 1. The Balaban J connectivity index is 1.91. The Kier molecular flexibility index (Phi) is 3.56. The molecule has 0 saturated carbocycles. The van der Waals surface area contributed by atoms with Gasteiger partial charge in [0.2, 0.25) is 0 Å². The van der Waals surface area contributed by atoms with Crippen LogP contribution in [0.1, 0.15) is 26.1 Å². The van der Waals surface area contributed by atoms with Gasteiger partial charge in [-0.15, -0.1) is 0 Å². The number of benzene rings is 1. The van der Waals surface area contributed by atoms with E-state index in [1.165, 1.54) is 17.8 Å². The number of hydrogen-bond donors (Lipinski definition) is 1. The Morgan fingerprint density at radius 1 is 1.37 bits per heavy atom. The molecule has 0 amide bonds. The number of aromatic nitrogens is 2. The molecule has 0 spiro atoms. The molecule has 2 heterocycles. The van der Waals surface area contributed by atoms with Crippen LogP contribution in [0, 0.1) is 11.8 Å². The predicted molar refractivity (Wildman–Crippen MR) is 79.3 cm³/mol. The van der Waals surface area contributed by atoms with Gasteiger partial charge in [0.05, 0.1) is 11.0 Å². The number of aryl methyl sites for hydroxylation is 1. The maximum atomic E-state index is 4.85. The molecule has 1 aliphatic heterocycles. The first-order chi connectivity index (χ1) is 9.29. The van der Waals surface area contributed by atoms with Gasteiger partial charge in [-0.3, -0.25) is 0 Å². The van der Waals surface area contributed by atoms with E-state index in [0.29, 0.717) is 0 Å². The third-order valence-electron chi connectivity index (χ3n) is 4.46. The molecular formula is C16H23N3. The number of imidazole rings is 1. The maximum absolute atomic E-state index is 4.85. The minimum atomic E-state index is 0.749. The largest absolute Gasteiger partial charge is 0.328 e. The van der Waals surface area contributed by atoms with Gasteiger partial charge in [-0.05, 0) is 50.4 Å². The van der Waals surface area contributed by atoms with Crippen molar-refractivity contribution in [3.8, 4) is 0 Å². The lowest BCUT2D eigenvalue weighted by molar-refractivity contribution is 0.267. The molecule has 0 aliphatic carbocycles. The average Bonchev–Trinajstić information content (AvgIpc) is 2.78. The van der Waals surface area contributed by atoms with E-state index in [2.05, 4.69) is 48.0 Å².